The van der Waals surface area contributed by atoms with Gasteiger partial charge in [-0.1, -0.05) is 12.2 Å². The first-order chi connectivity index (χ1) is 8.95. The molecule has 1 unspecified atom stereocenters. The van der Waals surface area contributed by atoms with Crippen molar-refractivity contribution >= 4 is 0 Å². The maximum atomic E-state index is 7.50. The summed E-state index contributed by atoms with van der Waals surface area (Å²) in [6, 6.07) is 0. The van der Waals surface area contributed by atoms with E-state index in [0.29, 0.717) is 6.10 Å². The molecule has 0 aromatic heterocycles. The minimum atomic E-state index is 0. The molecule has 2 aliphatic carbocycles. The standard InChI is InChI=1S/C11H14O.3CO.Fe/c1-2-7-11(8-3-1)12-9-10-5-4-6-10;3*1-2;/h2,4-7,11H,1,3,8-9H2;;;;. The Morgan fingerprint density at radius 1 is 1.11 bits per heavy atom. The van der Waals surface area contributed by atoms with Crippen molar-refractivity contribution in [3.63, 3.8) is 0 Å². The maximum Gasteiger partial charge on any atom is 0.0756 e. The Morgan fingerprint density at radius 2 is 1.68 bits per heavy atom. The smallest absolute Gasteiger partial charge is 0.0756 e. The molecule has 0 heterocycles. The van der Waals surface area contributed by atoms with E-state index in [4.69, 9.17) is 18.7 Å². The van der Waals surface area contributed by atoms with Gasteiger partial charge in [0.2, 0.25) is 0 Å². The largest absolute Gasteiger partial charge is 0.374 e. The monoisotopic (exact) mass is 302 g/mol. The molecule has 0 aromatic rings. The van der Waals surface area contributed by atoms with Gasteiger partial charge in [0.25, 0.3) is 0 Å². The van der Waals surface area contributed by atoms with Gasteiger partial charge in [-0.3, -0.25) is 0 Å². The van der Waals surface area contributed by atoms with E-state index in [2.05, 4.69) is 51.4 Å². The van der Waals surface area contributed by atoms with Crippen molar-refractivity contribution in [2.24, 2.45) is 0 Å². The molecule has 0 aromatic carbocycles. The van der Waals surface area contributed by atoms with Crippen LogP contribution in [-0.2, 0) is 35.8 Å². The van der Waals surface area contributed by atoms with Crippen molar-refractivity contribution in [3.8, 4) is 0 Å². The fraction of sp³-hybridized carbons (Fsp3) is 0.357. The van der Waals surface area contributed by atoms with E-state index in [1.54, 1.807) is 0 Å². The molecular formula is C14H14FeO4. The van der Waals surface area contributed by atoms with Gasteiger partial charge in [0.1, 0.15) is 0 Å². The Morgan fingerprint density at radius 3 is 2.05 bits per heavy atom. The van der Waals surface area contributed by atoms with Crippen molar-refractivity contribution in [2.75, 3.05) is 6.61 Å². The quantitative estimate of drug-likeness (QED) is 0.341. The third kappa shape index (κ3) is 12.2. The summed E-state index contributed by atoms with van der Waals surface area (Å²) >= 11 is 0. The van der Waals surface area contributed by atoms with Crippen LogP contribution >= 0.6 is 0 Å². The van der Waals surface area contributed by atoms with Gasteiger partial charge in [-0.25, -0.2) is 0 Å². The van der Waals surface area contributed by atoms with Gasteiger partial charge < -0.3 is 4.74 Å². The Balaban J connectivity index is -0.000000325. The summed E-state index contributed by atoms with van der Waals surface area (Å²) in [5.74, 6) is 1.31. The van der Waals surface area contributed by atoms with E-state index in [-0.39, 0.29) is 17.1 Å². The molecule has 1 atom stereocenters. The van der Waals surface area contributed by atoms with Gasteiger partial charge >= 0.3 is 33.9 Å². The number of rotatable bonds is 3. The maximum absolute atomic E-state index is 7.50. The molecule has 2 aliphatic rings. The molecule has 0 spiro atoms. The molecule has 5 heteroatoms. The first kappa shape index (κ1) is 23.5. The Hall–Kier alpha value is -0.561. The van der Waals surface area contributed by atoms with Crippen molar-refractivity contribution in [1.29, 1.82) is 0 Å². The summed E-state index contributed by atoms with van der Waals surface area (Å²) in [7, 11) is 0. The second-order valence-corrected chi connectivity index (χ2v) is 3.31. The molecule has 0 amide bonds. The molecule has 1 saturated carbocycles. The molecule has 0 aliphatic heterocycles. The zero-order valence-corrected chi connectivity index (χ0v) is 11.4. The number of allylic oxidation sites excluding steroid dienone is 1. The molecule has 2 rings (SSSR count). The first-order valence-electron chi connectivity index (χ1n) is 5.22. The van der Waals surface area contributed by atoms with E-state index >= 15 is 0 Å². The number of ether oxygens (including phenoxy) is 1. The molecule has 102 valence electrons. The Labute approximate surface area is 125 Å². The van der Waals surface area contributed by atoms with Crippen LogP contribution in [-0.4, -0.2) is 12.7 Å². The van der Waals surface area contributed by atoms with Crippen LogP contribution in [0, 0.1) is 45.1 Å². The SMILES string of the molecule is [C-]#[O+].[C-]#[O+].[C-]#[O+].[CH]1[CH][C](COC2C=CCCC2)[CH]1.[Fe]. The van der Waals surface area contributed by atoms with Gasteiger partial charge in [-0.2, -0.15) is 0 Å². The third-order valence-corrected chi connectivity index (χ3v) is 2.29. The molecule has 4 nitrogen and oxygen atoms in total. The third-order valence-electron chi connectivity index (χ3n) is 2.29. The van der Waals surface area contributed by atoms with Gasteiger partial charge in [0, 0.05) is 23.0 Å². The molecule has 0 bridgehead atoms. The minimum absolute atomic E-state index is 0. The Kier molecular flexibility index (Phi) is 24.5. The van der Waals surface area contributed by atoms with Crippen LogP contribution in [0.2, 0.25) is 0 Å². The summed E-state index contributed by atoms with van der Waals surface area (Å²) in [6.45, 7) is 14.3. The molecular weight excluding hydrogens is 288 g/mol. The summed E-state index contributed by atoms with van der Waals surface area (Å²) in [6.07, 6.45) is 14.7. The van der Waals surface area contributed by atoms with Crippen LogP contribution in [0.3, 0.4) is 0 Å². The fourth-order valence-electron chi connectivity index (χ4n) is 1.45. The average Bonchev–Trinajstić information content (AvgIpc) is 2.45. The van der Waals surface area contributed by atoms with Crippen LogP contribution in [0.1, 0.15) is 19.3 Å². The molecule has 0 saturated heterocycles. The minimum Gasteiger partial charge on any atom is -0.374 e. The van der Waals surface area contributed by atoms with E-state index in [1.165, 1.54) is 25.2 Å². The first-order valence-corrected chi connectivity index (χ1v) is 5.22. The molecule has 4 radical (unpaired) electrons. The number of hydrogen-bond acceptors (Lipinski definition) is 1. The molecule has 0 N–H and O–H groups in total. The fourth-order valence-corrected chi connectivity index (χ4v) is 1.45. The van der Waals surface area contributed by atoms with Crippen LogP contribution < -0.4 is 0 Å². The second kappa shape index (κ2) is 19.8. The van der Waals surface area contributed by atoms with Crippen molar-refractivity contribution in [3.05, 3.63) is 57.3 Å². The predicted octanol–water partition coefficient (Wildman–Crippen LogP) is 2.20. The normalized spacial score (nSPS) is 19.4. The van der Waals surface area contributed by atoms with Crippen molar-refractivity contribution in [2.45, 2.75) is 25.4 Å². The van der Waals surface area contributed by atoms with Crippen LogP contribution in [0.15, 0.2) is 12.2 Å². The molecule has 1 fully saturated rings. The van der Waals surface area contributed by atoms with E-state index in [0.717, 1.165) is 6.61 Å². The number of hydrogen-bond donors (Lipinski definition) is 0. The van der Waals surface area contributed by atoms with Gasteiger partial charge in [-0.05, 0) is 38.5 Å². The van der Waals surface area contributed by atoms with Crippen molar-refractivity contribution in [1.82, 2.24) is 0 Å². The van der Waals surface area contributed by atoms with Gasteiger partial charge in [0.15, 0.2) is 0 Å². The summed E-state index contributed by atoms with van der Waals surface area (Å²) in [5.41, 5.74) is 0. The topological polar surface area (TPSA) is 68.9 Å². The summed E-state index contributed by atoms with van der Waals surface area (Å²) in [4.78, 5) is 0. The van der Waals surface area contributed by atoms with Crippen molar-refractivity contribution < 1.29 is 35.8 Å². The zero-order valence-electron chi connectivity index (χ0n) is 10.3. The van der Waals surface area contributed by atoms with E-state index in [9.17, 15) is 0 Å². The van der Waals surface area contributed by atoms with Crippen LogP contribution in [0.5, 0.6) is 0 Å². The average molecular weight is 302 g/mol. The second-order valence-electron chi connectivity index (χ2n) is 3.31. The zero-order chi connectivity index (χ0) is 14.2. The van der Waals surface area contributed by atoms with Gasteiger partial charge in [0.05, 0.1) is 12.7 Å². The Bertz CT molecular complexity index is 252. The summed E-state index contributed by atoms with van der Waals surface area (Å²) in [5, 5.41) is 0. The van der Waals surface area contributed by atoms with Crippen LogP contribution in [0.4, 0.5) is 0 Å². The predicted molar refractivity (Wildman–Crippen MR) is 60.7 cm³/mol. The summed E-state index contributed by atoms with van der Waals surface area (Å²) < 4.78 is 28.2. The van der Waals surface area contributed by atoms with Crippen LogP contribution in [0.25, 0.3) is 0 Å². The van der Waals surface area contributed by atoms with Gasteiger partial charge in [-0.15, -0.1) is 0 Å². The van der Waals surface area contributed by atoms with E-state index < -0.39 is 0 Å². The van der Waals surface area contributed by atoms with E-state index in [1.807, 2.05) is 0 Å². The molecule has 19 heavy (non-hydrogen) atoms.